The fraction of sp³-hybridized carbons (Fsp3) is 0.200. The van der Waals surface area contributed by atoms with Crippen molar-refractivity contribution in [2.75, 3.05) is 0 Å². The zero-order valence-corrected chi connectivity index (χ0v) is 11.8. The average Bonchev–Trinajstić information content (AvgIpc) is 2.80. The third-order valence-corrected chi connectivity index (χ3v) is 3.51. The van der Waals surface area contributed by atoms with Gasteiger partial charge in [0.15, 0.2) is 0 Å². The van der Waals surface area contributed by atoms with Gasteiger partial charge in [0.2, 0.25) is 0 Å². The van der Waals surface area contributed by atoms with Gasteiger partial charge in [-0.25, -0.2) is 4.98 Å². The highest BCUT2D eigenvalue weighted by molar-refractivity contribution is 6.35. The zero-order valence-electron chi connectivity index (χ0n) is 11.0. The minimum absolute atomic E-state index is 0.122. The lowest BCUT2D eigenvalue weighted by Crippen LogP contribution is -2.00. The summed E-state index contributed by atoms with van der Waals surface area (Å²) < 4.78 is 2.05. The summed E-state index contributed by atoms with van der Waals surface area (Å²) in [5.41, 5.74) is 2.40. The molecule has 0 saturated heterocycles. The first-order valence-electron chi connectivity index (χ1n) is 6.50. The Morgan fingerprint density at radius 1 is 1.30 bits per heavy atom. The summed E-state index contributed by atoms with van der Waals surface area (Å²) in [6.45, 7) is 2.89. The Balaban J connectivity index is 2.33. The molecule has 0 saturated carbocycles. The highest BCUT2D eigenvalue weighted by atomic mass is 35.5. The van der Waals surface area contributed by atoms with Gasteiger partial charge in [-0.3, -0.25) is 4.98 Å². The van der Waals surface area contributed by atoms with Crippen molar-refractivity contribution < 1.29 is 5.11 Å². The van der Waals surface area contributed by atoms with Gasteiger partial charge in [-0.2, -0.15) is 0 Å². The van der Waals surface area contributed by atoms with Crippen LogP contribution in [-0.4, -0.2) is 19.6 Å². The smallest absolute Gasteiger partial charge is 0.145 e. The van der Waals surface area contributed by atoms with E-state index in [4.69, 9.17) is 11.6 Å². The van der Waals surface area contributed by atoms with Crippen molar-refractivity contribution in [3.05, 3.63) is 41.7 Å². The molecule has 20 heavy (non-hydrogen) atoms. The van der Waals surface area contributed by atoms with Crippen molar-refractivity contribution in [2.24, 2.45) is 0 Å². The van der Waals surface area contributed by atoms with E-state index in [2.05, 4.69) is 16.9 Å². The third kappa shape index (κ3) is 2.02. The molecule has 102 valence electrons. The molecule has 0 aliphatic heterocycles. The van der Waals surface area contributed by atoms with Crippen molar-refractivity contribution >= 4 is 22.6 Å². The van der Waals surface area contributed by atoms with Crippen LogP contribution in [-0.2, 0) is 6.54 Å². The number of benzene rings is 1. The van der Waals surface area contributed by atoms with Crippen LogP contribution in [0.3, 0.4) is 0 Å². The number of aromatic nitrogens is 3. The SMILES string of the molecule is CCCn1c(-c2ccncc2O)nc2cccc(Cl)c21. The predicted molar refractivity (Wildman–Crippen MR) is 79.9 cm³/mol. The first-order valence-corrected chi connectivity index (χ1v) is 6.88. The van der Waals surface area contributed by atoms with Crippen LogP contribution in [0.2, 0.25) is 5.02 Å². The van der Waals surface area contributed by atoms with E-state index in [1.807, 2.05) is 22.8 Å². The van der Waals surface area contributed by atoms with Gasteiger partial charge in [0.1, 0.15) is 11.6 Å². The van der Waals surface area contributed by atoms with Gasteiger partial charge in [0.25, 0.3) is 0 Å². The van der Waals surface area contributed by atoms with E-state index >= 15 is 0 Å². The molecule has 0 fully saturated rings. The molecule has 0 amide bonds. The van der Waals surface area contributed by atoms with Gasteiger partial charge < -0.3 is 9.67 Å². The van der Waals surface area contributed by atoms with Crippen LogP contribution < -0.4 is 0 Å². The molecule has 0 atom stereocenters. The predicted octanol–water partition coefficient (Wildman–Crippen LogP) is 3.87. The molecule has 0 radical (unpaired) electrons. The molecule has 3 rings (SSSR count). The van der Waals surface area contributed by atoms with Gasteiger partial charge >= 0.3 is 0 Å². The van der Waals surface area contributed by atoms with Crippen LogP contribution in [0.1, 0.15) is 13.3 Å². The van der Waals surface area contributed by atoms with Crippen molar-refractivity contribution in [3.63, 3.8) is 0 Å². The molecule has 0 spiro atoms. The van der Waals surface area contributed by atoms with E-state index in [1.165, 1.54) is 6.20 Å². The number of aryl methyl sites for hydroxylation is 1. The number of para-hydroxylation sites is 1. The van der Waals surface area contributed by atoms with E-state index < -0.39 is 0 Å². The molecule has 5 heteroatoms. The van der Waals surface area contributed by atoms with Crippen LogP contribution in [0.15, 0.2) is 36.7 Å². The standard InChI is InChI=1S/C15H14ClN3O/c1-2-8-19-14-11(16)4-3-5-12(14)18-15(19)10-6-7-17-9-13(10)20/h3-7,9,20H,2,8H2,1H3. The molecule has 1 N–H and O–H groups in total. The van der Waals surface area contributed by atoms with Crippen LogP contribution in [0.5, 0.6) is 5.75 Å². The molecule has 1 aromatic carbocycles. The highest BCUT2D eigenvalue weighted by Gasteiger charge is 2.16. The summed E-state index contributed by atoms with van der Waals surface area (Å²) in [6, 6.07) is 7.42. The van der Waals surface area contributed by atoms with Crippen molar-refractivity contribution in [1.82, 2.24) is 14.5 Å². The van der Waals surface area contributed by atoms with Gasteiger partial charge in [-0.15, -0.1) is 0 Å². The molecule has 2 aromatic heterocycles. The number of imidazole rings is 1. The van der Waals surface area contributed by atoms with Crippen LogP contribution >= 0.6 is 11.6 Å². The number of aromatic hydroxyl groups is 1. The normalized spacial score (nSPS) is 11.1. The number of hydrogen-bond donors (Lipinski definition) is 1. The number of pyridine rings is 1. The minimum atomic E-state index is 0.122. The van der Waals surface area contributed by atoms with Gasteiger partial charge in [-0.1, -0.05) is 24.6 Å². The number of fused-ring (bicyclic) bond motifs is 1. The van der Waals surface area contributed by atoms with Gasteiger partial charge in [0.05, 0.1) is 27.8 Å². The average molecular weight is 288 g/mol. The molecule has 3 aromatic rings. The lowest BCUT2D eigenvalue weighted by molar-refractivity contribution is 0.473. The number of nitrogens with zero attached hydrogens (tertiary/aromatic N) is 3. The monoisotopic (exact) mass is 287 g/mol. The van der Waals surface area contributed by atoms with Gasteiger partial charge in [-0.05, 0) is 24.6 Å². The minimum Gasteiger partial charge on any atom is -0.506 e. The maximum absolute atomic E-state index is 10.0. The number of rotatable bonds is 3. The fourth-order valence-corrected chi connectivity index (χ4v) is 2.64. The van der Waals surface area contributed by atoms with Crippen LogP contribution in [0, 0.1) is 0 Å². The number of hydrogen-bond acceptors (Lipinski definition) is 3. The van der Waals surface area contributed by atoms with Crippen molar-refractivity contribution in [2.45, 2.75) is 19.9 Å². The number of halogens is 1. The zero-order chi connectivity index (χ0) is 14.1. The first-order chi connectivity index (χ1) is 9.72. The Morgan fingerprint density at radius 2 is 2.15 bits per heavy atom. The van der Waals surface area contributed by atoms with Crippen molar-refractivity contribution in [3.8, 4) is 17.1 Å². The second-order valence-corrected chi connectivity index (χ2v) is 4.99. The van der Waals surface area contributed by atoms with E-state index in [9.17, 15) is 5.11 Å². The molecular formula is C15H14ClN3O. The topological polar surface area (TPSA) is 50.9 Å². The summed E-state index contributed by atoms with van der Waals surface area (Å²) in [7, 11) is 0. The Labute approximate surface area is 121 Å². The van der Waals surface area contributed by atoms with E-state index in [0.29, 0.717) is 10.6 Å². The highest BCUT2D eigenvalue weighted by Crippen LogP contribution is 2.33. The van der Waals surface area contributed by atoms with Crippen molar-refractivity contribution in [1.29, 1.82) is 0 Å². The molecule has 4 nitrogen and oxygen atoms in total. The molecule has 2 heterocycles. The summed E-state index contributed by atoms with van der Waals surface area (Å²) >= 11 is 6.30. The fourth-order valence-electron chi connectivity index (χ4n) is 2.36. The lowest BCUT2D eigenvalue weighted by atomic mass is 10.2. The quantitative estimate of drug-likeness (QED) is 0.795. The maximum atomic E-state index is 10.0. The Bertz CT molecular complexity index is 767. The first kappa shape index (κ1) is 12.9. The van der Waals surface area contributed by atoms with Gasteiger partial charge in [0, 0.05) is 12.7 Å². The van der Waals surface area contributed by atoms with Crippen LogP contribution in [0.25, 0.3) is 22.4 Å². The Kier molecular flexibility index (Phi) is 3.32. The summed E-state index contributed by atoms with van der Waals surface area (Å²) in [5, 5.41) is 10.7. The molecule has 0 unspecified atom stereocenters. The lowest BCUT2D eigenvalue weighted by Gasteiger charge is -2.09. The second-order valence-electron chi connectivity index (χ2n) is 4.59. The van der Waals surface area contributed by atoms with E-state index in [-0.39, 0.29) is 5.75 Å². The Hall–Kier alpha value is -2.07. The summed E-state index contributed by atoms with van der Waals surface area (Å²) in [6.07, 6.45) is 4.02. The molecule has 0 aliphatic rings. The molecular weight excluding hydrogens is 274 g/mol. The molecule has 0 bridgehead atoms. The third-order valence-electron chi connectivity index (χ3n) is 3.21. The summed E-state index contributed by atoms with van der Waals surface area (Å²) in [5.74, 6) is 0.839. The van der Waals surface area contributed by atoms with E-state index in [1.54, 1.807) is 12.3 Å². The largest absolute Gasteiger partial charge is 0.506 e. The Morgan fingerprint density at radius 3 is 2.90 bits per heavy atom. The second kappa shape index (κ2) is 5.13. The van der Waals surface area contributed by atoms with Crippen LogP contribution in [0.4, 0.5) is 0 Å². The van der Waals surface area contributed by atoms with E-state index in [0.717, 1.165) is 29.8 Å². The summed E-state index contributed by atoms with van der Waals surface area (Å²) in [4.78, 5) is 8.52. The molecule has 0 aliphatic carbocycles. The maximum Gasteiger partial charge on any atom is 0.145 e.